The molecule has 2 heterocycles. The highest BCUT2D eigenvalue weighted by Crippen LogP contribution is 2.47. The van der Waals surface area contributed by atoms with Crippen molar-refractivity contribution >= 4 is 23.8 Å². The average Bonchev–Trinajstić information content (AvgIpc) is 3.12. The molecule has 33 heavy (non-hydrogen) atoms. The SMILES string of the molecule is CC/C(=C(/C)C(C)=O)N1CCC2(CCC(N(C)[C@@H](CO)c3ccc(N=CN)nc3)CC2)C1=O. The van der Waals surface area contributed by atoms with E-state index in [-0.39, 0.29) is 35.8 Å². The Balaban J connectivity index is 1.69. The zero-order valence-electron chi connectivity index (χ0n) is 20.3. The van der Waals surface area contributed by atoms with Gasteiger partial charge in [-0.25, -0.2) is 9.98 Å². The molecule has 1 atom stereocenters. The summed E-state index contributed by atoms with van der Waals surface area (Å²) >= 11 is 0. The van der Waals surface area contributed by atoms with Gasteiger partial charge in [0.1, 0.15) is 0 Å². The van der Waals surface area contributed by atoms with E-state index in [1.807, 2.05) is 31.9 Å². The number of likely N-dealkylation sites (tertiary alicyclic amines) is 1. The highest BCUT2D eigenvalue weighted by atomic mass is 16.3. The predicted octanol–water partition coefficient (Wildman–Crippen LogP) is 3.10. The lowest BCUT2D eigenvalue weighted by molar-refractivity contribution is -0.136. The Kier molecular flexibility index (Phi) is 8.02. The number of nitrogens with two attached hydrogens (primary N) is 1. The van der Waals surface area contributed by atoms with Crippen molar-refractivity contribution in [1.29, 1.82) is 0 Å². The topological polar surface area (TPSA) is 112 Å². The number of pyridine rings is 1. The number of hydrogen-bond donors (Lipinski definition) is 2. The van der Waals surface area contributed by atoms with Gasteiger partial charge < -0.3 is 15.7 Å². The zero-order chi connectivity index (χ0) is 24.2. The molecule has 1 amide bonds. The van der Waals surface area contributed by atoms with Gasteiger partial charge in [-0.15, -0.1) is 0 Å². The highest BCUT2D eigenvalue weighted by molar-refractivity contribution is 5.95. The molecule has 3 N–H and O–H groups in total. The molecule has 1 saturated heterocycles. The third-order valence-corrected chi connectivity index (χ3v) is 7.65. The van der Waals surface area contributed by atoms with Crippen LogP contribution in [0.1, 0.15) is 70.9 Å². The van der Waals surface area contributed by atoms with E-state index in [4.69, 9.17) is 5.73 Å². The van der Waals surface area contributed by atoms with E-state index in [9.17, 15) is 14.7 Å². The van der Waals surface area contributed by atoms with E-state index in [1.54, 1.807) is 19.2 Å². The fourth-order valence-corrected chi connectivity index (χ4v) is 5.44. The minimum atomic E-state index is -0.326. The van der Waals surface area contributed by atoms with Crippen LogP contribution in [0.3, 0.4) is 0 Å². The Hall–Kier alpha value is -2.58. The van der Waals surface area contributed by atoms with E-state index in [1.165, 1.54) is 6.34 Å². The van der Waals surface area contributed by atoms with Crippen LogP contribution in [0.4, 0.5) is 5.82 Å². The third kappa shape index (κ3) is 5.01. The van der Waals surface area contributed by atoms with Gasteiger partial charge in [-0.05, 0) is 71.0 Å². The number of allylic oxidation sites excluding steroid dienone is 2. The van der Waals surface area contributed by atoms with Crippen molar-refractivity contribution in [3.05, 3.63) is 35.2 Å². The Labute approximate surface area is 196 Å². The van der Waals surface area contributed by atoms with Crippen molar-refractivity contribution < 1.29 is 14.7 Å². The smallest absolute Gasteiger partial charge is 0.233 e. The second-order valence-electron chi connectivity index (χ2n) is 9.29. The number of carbonyl (C=O) groups is 2. The first kappa shape index (κ1) is 25.1. The van der Waals surface area contributed by atoms with Crippen LogP contribution in [0, 0.1) is 5.41 Å². The Morgan fingerprint density at radius 2 is 2.06 bits per heavy atom. The van der Waals surface area contributed by atoms with E-state index < -0.39 is 0 Å². The molecule has 1 aliphatic heterocycles. The van der Waals surface area contributed by atoms with Gasteiger partial charge in [0.2, 0.25) is 5.91 Å². The standard InChI is InChI=1S/C25H37N5O3/c1-5-21(17(2)18(3)32)30-13-12-25(24(30)33)10-8-20(9-11-25)29(4)22(15-31)19-6-7-23(27-14-19)28-16-26/h6-7,14,16,20,22,31H,5,8-13,15H2,1-4H3,(H2,26,27,28)/b21-17+/t20?,22-,25?/m0/s1. The first-order valence-electron chi connectivity index (χ1n) is 11.8. The number of amides is 1. The molecular weight excluding hydrogens is 418 g/mol. The van der Waals surface area contributed by atoms with Crippen molar-refractivity contribution in [2.45, 2.75) is 71.4 Å². The number of hydrogen-bond acceptors (Lipinski definition) is 6. The van der Waals surface area contributed by atoms with E-state index >= 15 is 0 Å². The van der Waals surface area contributed by atoms with Crippen molar-refractivity contribution in [3.8, 4) is 0 Å². The summed E-state index contributed by atoms with van der Waals surface area (Å²) in [5, 5.41) is 10.1. The number of nitrogens with zero attached hydrogens (tertiary/aromatic N) is 4. The minimum absolute atomic E-state index is 0.0129. The van der Waals surface area contributed by atoms with Gasteiger partial charge in [-0.2, -0.15) is 0 Å². The molecule has 8 nitrogen and oxygen atoms in total. The molecule has 1 aliphatic carbocycles. The normalized spacial score (nSPS) is 25.2. The molecule has 1 aromatic heterocycles. The van der Waals surface area contributed by atoms with Crippen LogP contribution in [0.15, 0.2) is 34.6 Å². The molecule has 8 heteroatoms. The number of aliphatic hydroxyl groups is 1. The molecule has 0 unspecified atom stereocenters. The van der Waals surface area contributed by atoms with Gasteiger partial charge >= 0.3 is 0 Å². The van der Waals surface area contributed by atoms with E-state index in [2.05, 4.69) is 14.9 Å². The molecule has 2 aliphatic rings. The average molecular weight is 456 g/mol. The first-order chi connectivity index (χ1) is 15.8. The molecule has 180 valence electrons. The van der Waals surface area contributed by atoms with Gasteiger partial charge in [0, 0.05) is 30.1 Å². The summed E-state index contributed by atoms with van der Waals surface area (Å²) in [6.45, 7) is 6.07. The number of carbonyl (C=O) groups excluding carboxylic acids is 2. The maximum absolute atomic E-state index is 13.5. The van der Waals surface area contributed by atoms with Crippen LogP contribution in [-0.4, -0.2) is 64.2 Å². The fourth-order valence-electron chi connectivity index (χ4n) is 5.44. The van der Waals surface area contributed by atoms with Crippen molar-refractivity contribution in [3.63, 3.8) is 0 Å². The van der Waals surface area contributed by atoms with Gasteiger partial charge in [0.25, 0.3) is 0 Å². The van der Waals surface area contributed by atoms with Crippen LogP contribution in [0.25, 0.3) is 0 Å². The first-order valence-corrected chi connectivity index (χ1v) is 11.8. The molecule has 1 aromatic rings. The lowest BCUT2D eigenvalue weighted by Gasteiger charge is -2.42. The zero-order valence-corrected chi connectivity index (χ0v) is 20.3. The number of likely N-dealkylation sites (N-methyl/N-ethyl adjacent to an activating group) is 1. The van der Waals surface area contributed by atoms with Crippen LogP contribution in [0.5, 0.6) is 0 Å². The van der Waals surface area contributed by atoms with Gasteiger partial charge in [-0.3, -0.25) is 14.5 Å². The summed E-state index contributed by atoms with van der Waals surface area (Å²) in [6.07, 6.45) is 7.91. The van der Waals surface area contributed by atoms with Crippen LogP contribution in [0.2, 0.25) is 0 Å². The summed E-state index contributed by atoms with van der Waals surface area (Å²) in [7, 11) is 2.03. The van der Waals surface area contributed by atoms with Gasteiger partial charge in [0.15, 0.2) is 11.6 Å². The van der Waals surface area contributed by atoms with Crippen molar-refractivity contribution in [2.75, 3.05) is 20.2 Å². The summed E-state index contributed by atoms with van der Waals surface area (Å²) in [5.74, 6) is 0.739. The summed E-state index contributed by atoms with van der Waals surface area (Å²) < 4.78 is 0. The molecule has 0 aromatic carbocycles. The lowest BCUT2D eigenvalue weighted by Crippen LogP contribution is -2.44. The number of aliphatic hydroxyl groups excluding tert-OH is 1. The summed E-state index contributed by atoms with van der Waals surface area (Å²) in [4.78, 5) is 37.7. The number of aliphatic imine (C=N–C) groups is 1. The van der Waals surface area contributed by atoms with E-state index in [0.29, 0.717) is 24.4 Å². The number of aromatic nitrogens is 1. The van der Waals surface area contributed by atoms with Gasteiger partial charge in [0.05, 0.1) is 24.4 Å². The molecule has 1 saturated carbocycles. The Morgan fingerprint density at radius 1 is 1.36 bits per heavy atom. The molecule has 1 spiro atoms. The summed E-state index contributed by atoms with van der Waals surface area (Å²) in [5.41, 5.74) is 7.49. The maximum atomic E-state index is 13.5. The Morgan fingerprint density at radius 3 is 2.58 bits per heavy atom. The lowest BCUT2D eigenvalue weighted by atomic mass is 9.71. The molecule has 0 radical (unpaired) electrons. The molecule has 3 rings (SSSR count). The highest BCUT2D eigenvalue weighted by Gasteiger charge is 2.49. The second kappa shape index (κ2) is 10.6. The fraction of sp³-hybridized carbons (Fsp3) is 0.600. The van der Waals surface area contributed by atoms with Crippen LogP contribution < -0.4 is 5.73 Å². The number of Topliss-reactive ketones (excluding diaryl/α,β-unsaturated/α-hetero) is 1. The van der Waals surface area contributed by atoms with Crippen LogP contribution in [-0.2, 0) is 9.59 Å². The van der Waals surface area contributed by atoms with Crippen LogP contribution >= 0.6 is 0 Å². The molecule has 0 bridgehead atoms. The quantitative estimate of drug-likeness (QED) is 0.354. The minimum Gasteiger partial charge on any atom is -0.394 e. The second-order valence-corrected chi connectivity index (χ2v) is 9.29. The summed E-state index contributed by atoms with van der Waals surface area (Å²) in [6, 6.07) is 3.82. The van der Waals surface area contributed by atoms with Crippen molar-refractivity contribution in [1.82, 2.24) is 14.8 Å². The number of ketones is 1. The molecular formula is C25H37N5O3. The third-order valence-electron chi connectivity index (χ3n) is 7.65. The largest absolute Gasteiger partial charge is 0.394 e. The van der Waals surface area contributed by atoms with Gasteiger partial charge in [-0.1, -0.05) is 13.0 Å². The maximum Gasteiger partial charge on any atom is 0.233 e. The number of rotatable bonds is 8. The molecule has 2 fully saturated rings. The van der Waals surface area contributed by atoms with Crippen molar-refractivity contribution in [2.24, 2.45) is 16.1 Å². The predicted molar refractivity (Wildman–Crippen MR) is 129 cm³/mol. The Bertz CT molecular complexity index is 916. The van der Waals surface area contributed by atoms with E-state index in [0.717, 1.165) is 43.4 Å². The monoisotopic (exact) mass is 455 g/mol.